The zero-order valence-corrected chi connectivity index (χ0v) is 24.7. The van der Waals surface area contributed by atoms with Gasteiger partial charge in [0.25, 0.3) is 5.56 Å². The van der Waals surface area contributed by atoms with E-state index in [0.29, 0.717) is 52.1 Å². The molecule has 2 aromatic carbocycles. The molecule has 1 aliphatic rings. The fourth-order valence-corrected chi connectivity index (χ4v) is 5.66. The molecule has 5 aromatic rings. The van der Waals surface area contributed by atoms with Crippen LogP contribution in [-0.4, -0.2) is 66.0 Å². The van der Waals surface area contributed by atoms with Crippen molar-refractivity contribution in [1.82, 2.24) is 34.5 Å². The molecule has 1 amide bonds. The Morgan fingerprint density at radius 1 is 1.16 bits per heavy atom. The molecule has 2 N–H and O–H groups in total. The summed E-state index contributed by atoms with van der Waals surface area (Å²) in [5, 5.41) is 18.2. The molecule has 12 nitrogen and oxygen atoms in total. The van der Waals surface area contributed by atoms with E-state index in [9.17, 15) is 14.7 Å². The number of imidazole rings is 1. The maximum absolute atomic E-state index is 13.5. The number of rotatable bonds is 8. The summed E-state index contributed by atoms with van der Waals surface area (Å²) in [6.07, 6.45) is 1.74. The number of nitrogens with one attached hydrogen (secondary N) is 1. The zero-order valence-electron chi connectivity index (χ0n) is 23.2. The first-order valence-corrected chi connectivity index (χ1v) is 14.2. The number of nitrogens with zero attached hydrogens (tertiary/aromatic N) is 7. The van der Waals surface area contributed by atoms with Crippen LogP contribution in [0.1, 0.15) is 29.8 Å². The third kappa shape index (κ3) is 5.52. The largest absolute Gasteiger partial charge is 0.465 e. The van der Waals surface area contributed by atoms with E-state index < -0.39 is 6.09 Å². The SMILES string of the molecule is COCCN(C(=O)O)c1ccc(-c2[nH]c([C@@H]3CCc4nc(-c5cc(Cl)ccc5-n5cc(Cl)nn5)cc(=O)n43)nc2C)cc1. The second kappa shape index (κ2) is 11.6. The molecule has 43 heavy (non-hydrogen) atoms. The number of carbonyl (C=O) groups is 1. The molecular formula is C29H26Cl2N8O4. The Morgan fingerprint density at radius 2 is 1.95 bits per heavy atom. The van der Waals surface area contributed by atoms with Crippen LogP contribution in [0.4, 0.5) is 10.5 Å². The van der Waals surface area contributed by atoms with Crippen LogP contribution in [0, 0.1) is 6.92 Å². The minimum atomic E-state index is -1.05. The van der Waals surface area contributed by atoms with E-state index >= 15 is 0 Å². The summed E-state index contributed by atoms with van der Waals surface area (Å²) in [7, 11) is 1.53. The highest BCUT2D eigenvalue weighted by Gasteiger charge is 2.30. The number of anilines is 1. The first kappa shape index (κ1) is 28.6. The van der Waals surface area contributed by atoms with Gasteiger partial charge in [0.1, 0.15) is 11.6 Å². The predicted octanol–water partition coefficient (Wildman–Crippen LogP) is 5.16. The van der Waals surface area contributed by atoms with E-state index in [4.69, 9.17) is 37.9 Å². The minimum Gasteiger partial charge on any atom is -0.465 e. The predicted molar refractivity (Wildman–Crippen MR) is 161 cm³/mol. The van der Waals surface area contributed by atoms with Crippen LogP contribution in [0.2, 0.25) is 10.2 Å². The van der Waals surface area contributed by atoms with Gasteiger partial charge >= 0.3 is 6.09 Å². The second-order valence-corrected chi connectivity index (χ2v) is 10.8. The smallest absolute Gasteiger partial charge is 0.411 e. The van der Waals surface area contributed by atoms with Crippen LogP contribution in [0.3, 0.4) is 0 Å². The molecular weight excluding hydrogens is 595 g/mol. The molecule has 0 bridgehead atoms. The van der Waals surface area contributed by atoms with E-state index in [1.165, 1.54) is 22.8 Å². The van der Waals surface area contributed by atoms with Gasteiger partial charge in [-0.2, -0.15) is 0 Å². The fraction of sp³-hybridized carbons (Fsp3) is 0.241. The van der Waals surface area contributed by atoms with Crippen molar-refractivity contribution in [1.29, 1.82) is 0 Å². The number of aromatic amines is 1. The Hall–Kier alpha value is -4.52. The molecule has 0 unspecified atom stereocenters. The second-order valence-electron chi connectivity index (χ2n) is 10.0. The molecule has 0 saturated carbocycles. The van der Waals surface area contributed by atoms with Crippen molar-refractivity contribution >= 4 is 35.0 Å². The van der Waals surface area contributed by atoms with E-state index in [2.05, 4.69) is 15.3 Å². The van der Waals surface area contributed by atoms with Crippen molar-refractivity contribution < 1.29 is 14.6 Å². The quantitative estimate of drug-likeness (QED) is 0.242. The summed E-state index contributed by atoms with van der Waals surface area (Å²) in [4.78, 5) is 39.5. The van der Waals surface area contributed by atoms with E-state index in [1.807, 2.05) is 19.1 Å². The molecule has 0 aliphatic carbocycles. The van der Waals surface area contributed by atoms with Crippen molar-refractivity contribution in [3.05, 3.63) is 92.6 Å². The van der Waals surface area contributed by atoms with Gasteiger partial charge in [0.05, 0.1) is 48.2 Å². The number of methoxy groups -OCH3 is 1. The Bertz CT molecular complexity index is 1880. The Kier molecular flexibility index (Phi) is 7.74. The molecule has 4 heterocycles. The zero-order chi connectivity index (χ0) is 30.2. The maximum atomic E-state index is 13.5. The molecule has 0 radical (unpaired) electrons. The van der Waals surface area contributed by atoms with E-state index in [-0.39, 0.29) is 29.9 Å². The van der Waals surface area contributed by atoms with Gasteiger partial charge in [-0.05, 0) is 49.2 Å². The van der Waals surface area contributed by atoms with Crippen molar-refractivity contribution in [3.8, 4) is 28.2 Å². The fourth-order valence-electron chi connectivity index (χ4n) is 5.36. The normalized spacial score (nSPS) is 14.2. The Morgan fingerprint density at radius 3 is 2.65 bits per heavy atom. The first-order valence-electron chi connectivity index (χ1n) is 13.4. The maximum Gasteiger partial charge on any atom is 0.411 e. The Balaban J connectivity index is 1.31. The van der Waals surface area contributed by atoms with Crippen LogP contribution in [0.25, 0.3) is 28.2 Å². The van der Waals surface area contributed by atoms with Gasteiger partial charge in [0.15, 0.2) is 5.15 Å². The van der Waals surface area contributed by atoms with Gasteiger partial charge in [-0.3, -0.25) is 14.3 Å². The number of ether oxygens (including phenoxy) is 1. The summed E-state index contributed by atoms with van der Waals surface area (Å²) in [5.41, 5.74) is 4.46. The molecule has 0 spiro atoms. The standard InChI is InChI=1S/C29H26Cl2N8O4/c1-16-27(17-3-6-19(7-4-17)37(29(41)42)11-12-43-2)34-28(32-16)23-9-10-25-33-21(14-26(40)39(23)25)20-13-18(30)5-8-22(20)38-15-24(31)35-36-38/h3-8,13-15,23H,9-12H2,1-2H3,(H,32,34)(H,41,42)/t23-/m0/s1. The summed E-state index contributed by atoms with van der Waals surface area (Å²) < 4.78 is 8.22. The summed E-state index contributed by atoms with van der Waals surface area (Å²) in [6, 6.07) is 13.6. The summed E-state index contributed by atoms with van der Waals surface area (Å²) >= 11 is 12.3. The highest BCUT2D eigenvalue weighted by Crippen LogP contribution is 2.34. The average molecular weight is 621 g/mol. The van der Waals surface area contributed by atoms with Crippen molar-refractivity contribution in [2.75, 3.05) is 25.2 Å². The molecule has 3 aromatic heterocycles. The van der Waals surface area contributed by atoms with Gasteiger partial charge < -0.3 is 14.8 Å². The van der Waals surface area contributed by atoms with Gasteiger partial charge in [-0.25, -0.2) is 19.4 Å². The number of amides is 1. The van der Waals surface area contributed by atoms with E-state index in [1.54, 1.807) is 41.1 Å². The lowest BCUT2D eigenvalue weighted by molar-refractivity contribution is 0.186. The van der Waals surface area contributed by atoms with Gasteiger partial charge in [-0.1, -0.05) is 40.5 Å². The molecule has 1 atom stereocenters. The van der Waals surface area contributed by atoms with Crippen LogP contribution in [0.5, 0.6) is 0 Å². The third-order valence-electron chi connectivity index (χ3n) is 7.36. The van der Waals surface area contributed by atoms with Crippen molar-refractivity contribution in [2.24, 2.45) is 0 Å². The summed E-state index contributed by atoms with van der Waals surface area (Å²) in [5.74, 6) is 1.29. The molecule has 0 fully saturated rings. The van der Waals surface area contributed by atoms with Crippen molar-refractivity contribution in [3.63, 3.8) is 0 Å². The van der Waals surface area contributed by atoms with Crippen LogP contribution in [-0.2, 0) is 11.2 Å². The molecule has 6 rings (SSSR count). The molecule has 1 aliphatic heterocycles. The lowest BCUT2D eigenvalue weighted by Crippen LogP contribution is -2.32. The van der Waals surface area contributed by atoms with Crippen molar-refractivity contribution in [2.45, 2.75) is 25.8 Å². The highest BCUT2D eigenvalue weighted by molar-refractivity contribution is 6.31. The monoisotopic (exact) mass is 620 g/mol. The number of halogens is 2. The average Bonchev–Trinajstić information content (AvgIpc) is 3.71. The lowest BCUT2D eigenvalue weighted by atomic mass is 10.1. The van der Waals surface area contributed by atoms with Crippen LogP contribution >= 0.6 is 23.2 Å². The van der Waals surface area contributed by atoms with Gasteiger partial charge in [-0.15, -0.1) is 5.10 Å². The van der Waals surface area contributed by atoms with Gasteiger partial charge in [0.2, 0.25) is 0 Å². The van der Waals surface area contributed by atoms with Crippen LogP contribution in [0.15, 0.2) is 59.5 Å². The minimum absolute atomic E-state index is 0.213. The number of carboxylic acid groups (broad SMARTS) is 1. The van der Waals surface area contributed by atoms with Gasteiger partial charge in [0, 0.05) is 35.9 Å². The number of H-pyrrole nitrogens is 1. The number of aryl methyl sites for hydroxylation is 2. The Labute approximate surface area is 255 Å². The third-order valence-corrected chi connectivity index (χ3v) is 7.77. The highest BCUT2D eigenvalue weighted by atomic mass is 35.5. The topological polar surface area (TPSA) is 144 Å². The van der Waals surface area contributed by atoms with Crippen LogP contribution < -0.4 is 10.5 Å². The molecule has 14 heteroatoms. The summed E-state index contributed by atoms with van der Waals surface area (Å²) in [6.45, 7) is 2.40. The number of fused-ring (bicyclic) bond motifs is 1. The number of hydrogen-bond donors (Lipinski definition) is 2. The first-order chi connectivity index (χ1) is 20.7. The molecule has 0 saturated heterocycles. The molecule has 220 valence electrons. The number of benzene rings is 2. The van der Waals surface area contributed by atoms with E-state index in [0.717, 1.165) is 17.0 Å². The lowest BCUT2D eigenvalue weighted by Gasteiger charge is -2.19. The number of hydrogen-bond acceptors (Lipinski definition) is 7. The number of aromatic nitrogens is 7.